The van der Waals surface area contributed by atoms with E-state index in [2.05, 4.69) is 0 Å². The molecule has 3 amide bonds. The van der Waals surface area contributed by atoms with Gasteiger partial charge in [-0.15, -0.1) is 11.3 Å². The summed E-state index contributed by atoms with van der Waals surface area (Å²) in [5.74, 6) is -1.21. The predicted molar refractivity (Wildman–Crippen MR) is 122 cm³/mol. The first-order valence-electron chi connectivity index (χ1n) is 9.55. The van der Waals surface area contributed by atoms with Gasteiger partial charge in [0.15, 0.2) is 0 Å². The summed E-state index contributed by atoms with van der Waals surface area (Å²) in [5.41, 5.74) is 1.25. The molecule has 0 atom stereocenters. The quantitative estimate of drug-likeness (QED) is 0.391. The Morgan fingerprint density at radius 3 is 2.06 bits per heavy atom. The van der Waals surface area contributed by atoms with E-state index in [0.717, 1.165) is 15.0 Å². The zero-order valence-corrected chi connectivity index (χ0v) is 17.7. The highest BCUT2D eigenvalue weighted by molar-refractivity contribution is 7.21. The molecule has 0 radical (unpaired) electrons. The van der Waals surface area contributed by atoms with Gasteiger partial charge in [0.1, 0.15) is 11.5 Å². The molecule has 4 aromatic rings. The third-order valence-corrected chi connectivity index (χ3v) is 6.87. The monoisotopic (exact) mass is 446 g/mol. The van der Waals surface area contributed by atoms with Gasteiger partial charge in [0.05, 0.1) is 16.1 Å². The van der Waals surface area contributed by atoms with Gasteiger partial charge in [-0.1, -0.05) is 60.1 Å². The van der Waals surface area contributed by atoms with E-state index in [1.807, 2.05) is 30.3 Å². The SMILES string of the molecule is O=C1c2ccccc2C(=O)N1CN(C(=O)c1sc2ccccc2c1Cl)c1ccccc1. The maximum atomic E-state index is 13.6. The minimum absolute atomic E-state index is 0.209. The normalized spacial score (nSPS) is 13.0. The Morgan fingerprint density at radius 2 is 1.42 bits per heavy atom. The lowest BCUT2D eigenvalue weighted by Gasteiger charge is -2.26. The standard InChI is InChI=1S/C24H15ClN2O3S/c25-20-18-12-6-7-13-19(18)31-21(20)24(30)26(15-8-2-1-3-9-15)14-27-22(28)16-10-4-5-11-17(16)23(27)29/h1-13H,14H2. The molecule has 5 nitrogen and oxygen atoms in total. The van der Waals surface area contributed by atoms with Crippen molar-refractivity contribution < 1.29 is 14.4 Å². The van der Waals surface area contributed by atoms with Crippen LogP contribution in [-0.2, 0) is 0 Å². The van der Waals surface area contributed by atoms with E-state index in [-0.39, 0.29) is 12.6 Å². The molecule has 0 saturated heterocycles. The number of para-hydroxylation sites is 1. The molecule has 31 heavy (non-hydrogen) atoms. The molecule has 7 heteroatoms. The van der Waals surface area contributed by atoms with Crippen LogP contribution in [0.15, 0.2) is 78.9 Å². The van der Waals surface area contributed by atoms with Gasteiger partial charge in [-0.25, -0.2) is 0 Å². The molecule has 0 aliphatic carbocycles. The zero-order valence-electron chi connectivity index (χ0n) is 16.1. The van der Waals surface area contributed by atoms with Crippen LogP contribution in [0.5, 0.6) is 0 Å². The predicted octanol–water partition coefficient (Wildman–Crippen LogP) is 5.46. The van der Waals surface area contributed by atoms with E-state index in [4.69, 9.17) is 11.6 Å². The van der Waals surface area contributed by atoms with E-state index in [1.54, 1.807) is 48.5 Å². The third-order valence-electron chi connectivity index (χ3n) is 5.20. The molecule has 0 bridgehead atoms. The summed E-state index contributed by atoms with van der Waals surface area (Å²) in [7, 11) is 0. The highest BCUT2D eigenvalue weighted by atomic mass is 35.5. The highest BCUT2D eigenvalue weighted by Crippen LogP contribution is 2.37. The lowest BCUT2D eigenvalue weighted by molar-refractivity contribution is 0.0650. The summed E-state index contributed by atoms with van der Waals surface area (Å²) < 4.78 is 0.893. The maximum absolute atomic E-state index is 13.6. The van der Waals surface area contributed by atoms with Crippen LogP contribution in [0.3, 0.4) is 0 Å². The summed E-state index contributed by atoms with van der Waals surface area (Å²) in [4.78, 5) is 42.3. The van der Waals surface area contributed by atoms with Crippen LogP contribution in [0.4, 0.5) is 5.69 Å². The first kappa shape index (κ1) is 19.5. The number of anilines is 1. The number of fused-ring (bicyclic) bond motifs is 2. The second-order valence-electron chi connectivity index (χ2n) is 7.04. The van der Waals surface area contributed by atoms with Crippen molar-refractivity contribution in [1.82, 2.24) is 4.90 Å². The molecule has 1 aliphatic rings. The Balaban J connectivity index is 1.56. The molecule has 0 unspecified atom stereocenters. The van der Waals surface area contributed by atoms with Crippen molar-refractivity contribution >= 4 is 56.4 Å². The van der Waals surface area contributed by atoms with Gasteiger partial charge in [0.2, 0.25) is 0 Å². The Morgan fingerprint density at radius 1 is 0.839 bits per heavy atom. The molecule has 0 N–H and O–H groups in total. The van der Waals surface area contributed by atoms with Crippen molar-refractivity contribution in [1.29, 1.82) is 0 Å². The molecular formula is C24H15ClN2O3S. The number of thiophene rings is 1. The van der Waals surface area contributed by atoms with Crippen molar-refractivity contribution in [3.8, 4) is 0 Å². The molecule has 5 rings (SSSR count). The average molecular weight is 447 g/mol. The Bertz CT molecular complexity index is 1310. The maximum Gasteiger partial charge on any atom is 0.271 e. The summed E-state index contributed by atoms with van der Waals surface area (Å²) >= 11 is 7.84. The number of carbonyl (C=O) groups is 3. The number of nitrogens with zero attached hydrogens (tertiary/aromatic N) is 2. The van der Waals surface area contributed by atoms with Crippen molar-refractivity contribution in [3.63, 3.8) is 0 Å². The topological polar surface area (TPSA) is 57.7 Å². The minimum atomic E-state index is -0.420. The van der Waals surface area contributed by atoms with E-state index in [1.165, 1.54) is 16.2 Å². The molecule has 1 aromatic heterocycles. The number of benzene rings is 3. The van der Waals surface area contributed by atoms with Crippen LogP contribution in [0, 0.1) is 0 Å². The molecule has 1 aliphatic heterocycles. The zero-order chi connectivity index (χ0) is 21.5. The summed E-state index contributed by atoms with van der Waals surface area (Å²) in [5, 5.41) is 1.17. The Hall–Kier alpha value is -3.48. The van der Waals surface area contributed by atoms with Gasteiger partial charge >= 0.3 is 0 Å². The van der Waals surface area contributed by atoms with Gasteiger partial charge in [0, 0.05) is 15.8 Å². The molecule has 0 saturated carbocycles. The largest absolute Gasteiger partial charge is 0.289 e. The first-order chi connectivity index (χ1) is 15.1. The highest BCUT2D eigenvalue weighted by Gasteiger charge is 2.37. The van der Waals surface area contributed by atoms with E-state index in [9.17, 15) is 14.4 Å². The van der Waals surface area contributed by atoms with Gasteiger partial charge in [-0.3, -0.25) is 24.2 Å². The number of imide groups is 1. The van der Waals surface area contributed by atoms with Crippen LogP contribution in [-0.4, -0.2) is 29.3 Å². The van der Waals surface area contributed by atoms with Crippen LogP contribution in [0.25, 0.3) is 10.1 Å². The first-order valence-corrected chi connectivity index (χ1v) is 10.7. The second-order valence-corrected chi connectivity index (χ2v) is 8.47. The molecular weight excluding hydrogens is 432 g/mol. The van der Waals surface area contributed by atoms with Crippen LogP contribution >= 0.6 is 22.9 Å². The molecule has 0 spiro atoms. The molecule has 2 heterocycles. The molecule has 152 valence electrons. The third kappa shape index (κ3) is 3.21. The average Bonchev–Trinajstić information content (AvgIpc) is 3.27. The van der Waals surface area contributed by atoms with Crippen molar-refractivity contribution in [2.24, 2.45) is 0 Å². The molecule has 0 fully saturated rings. The van der Waals surface area contributed by atoms with E-state index in [0.29, 0.717) is 26.7 Å². The van der Waals surface area contributed by atoms with Gasteiger partial charge in [0.25, 0.3) is 17.7 Å². The summed E-state index contributed by atoms with van der Waals surface area (Å²) in [6.45, 7) is -0.209. The van der Waals surface area contributed by atoms with Crippen LogP contribution in [0.2, 0.25) is 5.02 Å². The van der Waals surface area contributed by atoms with E-state index >= 15 is 0 Å². The van der Waals surface area contributed by atoms with Crippen LogP contribution < -0.4 is 4.90 Å². The number of hydrogen-bond donors (Lipinski definition) is 0. The van der Waals surface area contributed by atoms with Gasteiger partial charge in [-0.05, 0) is 30.3 Å². The fourth-order valence-corrected chi connectivity index (χ4v) is 5.12. The lowest BCUT2D eigenvalue weighted by Crippen LogP contribution is -2.44. The second kappa shape index (κ2) is 7.65. The summed E-state index contributed by atoms with van der Waals surface area (Å²) in [6.07, 6.45) is 0. The van der Waals surface area contributed by atoms with Crippen molar-refractivity contribution in [3.05, 3.63) is 99.9 Å². The van der Waals surface area contributed by atoms with E-state index < -0.39 is 11.8 Å². The Labute approximate surface area is 187 Å². The van der Waals surface area contributed by atoms with Gasteiger partial charge < -0.3 is 0 Å². The number of rotatable bonds is 4. The Kier molecular flexibility index (Phi) is 4.81. The fourth-order valence-electron chi connectivity index (χ4n) is 3.65. The number of halogens is 1. The summed E-state index contributed by atoms with van der Waals surface area (Å²) in [6, 6.07) is 23.1. The lowest BCUT2D eigenvalue weighted by atomic mass is 10.1. The number of carbonyl (C=O) groups excluding carboxylic acids is 3. The number of hydrogen-bond acceptors (Lipinski definition) is 4. The smallest absolute Gasteiger partial charge is 0.271 e. The fraction of sp³-hybridized carbons (Fsp3) is 0.0417. The minimum Gasteiger partial charge on any atom is -0.289 e. The molecule has 3 aromatic carbocycles. The number of amides is 3. The van der Waals surface area contributed by atoms with Gasteiger partial charge in [-0.2, -0.15) is 0 Å². The van der Waals surface area contributed by atoms with Crippen molar-refractivity contribution in [2.45, 2.75) is 0 Å². The van der Waals surface area contributed by atoms with Crippen molar-refractivity contribution in [2.75, 3.05) is 11.6 Å². The van der Waals surface area contributed by atoms with Crippen LogP contribution in [0.1, 0.15) is 30.4 Å².